The SMILES string of the molecule is CCOC(=O)[C@H]1C(=O)C=C(c2ccccc2OC)C[C@@H]1c1ccccc1OCC. The van der Waals surface area contributed by atoms with Crippen LogP contribution in [0.4, 0.5) is 0 Å². The molecule has 0 saturated carbocycles. The van der Waals surface area contributed by atoms with Gasteiger partial charge in [0.05, 0.1) is 20.3 Å². The largest absolute Gasteiger partial charge is 0.496 e. The first kappa shape index (κ1) is 20.6. The molecule has 0 aromatic heterocycles. The molecule has 2 aromatic rings. The molecule has 0 bridgehead atoms. The van der Waals surface area contributed by atoms with Crippen molar-refractivity contribution < 1.29 is 23.8 Å². The highest BCUT2D eigenvalue weighted by Crippen LogP contribution is 2.44. The van der Waals surface area contributed by atoms with Crippen molar-refractivity contribution in [1.82, 2.24) is 0 Å². The molecule has 1 aliphatic carbocycles. The molecule has 0 spiro atoms. The Hall–Kier alpha value is -3.08. The number of carbonyl (C=O) groups excluding carboxylic acids is 2. The summed E-state index contributed by atoms with van der Waals surface area (Å²) >= 11 is 0. The highest BCUT2D eigenvalue weighted by molar-refractivity contribution is 6.11. The van der Waals surface area contributed by atoms with Crippen LogP contribution in [0.5, 0.6) is 11.5 Å². The fraction of sp³-hybridized carbons (Fsp3) is 0.333. The van der Waals surface area contributed by atoms with Crippen molar-refractivity contribution in [2.45, 2.75) is 26.2 Å². The normalized spacial score (nSPS) is 18.7. The first-order chi connectivity index (χ1) is 14.1. The van der Waals surface area contributed by atoms with E-state index in [0.29, 0.717) is 24.5 Å². The third-order valence-corrected chi connectivity index (χ3v) is 5.08. The molecule has 5 heteroatoms. The Morgan fingerprint density at radius 1 is 1.00 bits per heavy atom. The quantitative estimate of drug-likeness (QED) is 0.514. The highest BCUT2D eigenvalue weighted by atomic mass is 16.5. The number of para-hydroxylation sites is 2. The molecular weight excluding hydrogens is 368 g/mol. The van der Waals surface area contributed by atoms with Gasteiger partial charge in [0, 0.05) is 11.5 Å². The lowest BCUT2D eigenvalue weighted by atomic mass is 9.73. The number of ketones is 1. The average Bonchev–Trinajstić information content (AvgIpc) is 2.74. The van der Waals surface area contributed by atoms with Gasteiger partial charge in [-0.05, 0) is 49.6 Å². The second-order valence-corrected chi connectivity index (χ2v) is 6.78. The lowest BCUT2D eigenvalue weighted by Gasteiger charge is -2.30. The van der Waals surface area contributed by atoms with E-state index in [1.54, 1.807) is 20.1 Å². The minimum Gasteiger partial charge on any atom is -0.496 e. The number of rotatable bonds is 7. The number of ether oxygens (including phenoxy) is 3. The van der Waals surface area contributed by atoms with Crippen LogP contribution in [-0.2, 0) is 14.3 Å². The minimum absolute atomic E-state index is 0.228. The molecule has 0 saturated heterocycles. The number of hydrogen-bond donors (Lipinski definition) is 0. The first-order valence-electron chi connectivity index (χ1n) is 9.86. The number of hydrogen-bond acceptors (Lipinski definition) is 5. The molecule has 0 amide bonds. The molecule has 0 unspecified atom stereocenters. The van der Waals surface area contributed by atoms with Crippen LogP contribution in [0.15, 0.2) is 54.6 Å². The number of methoxy groups -OCH3 is 1. The molecule has 2 atom stereocenters. The Balaban J connectivity index is 2.09. The molecule has 1 aliphatic rings. The second kappa shape index (κ2) is 9.41. The maximum Gasteiger partial charge on any atom is 0.317 e. The molecular formula is C24H26O5. The third kappa shape index (κ3) is 4.34. The minimum atomic E-state index is -0.894. The molecule has 0 aliphatic heterocycles. The zero-order valence-electron chi connectivity index (χ0n) is 17.0. The Bertz CT molecular complexity index is 915. The maximum atomic E-state index is 13.1. The van der Waals surface area contributed by atoms with Crippen molar-refractivity contribution in [2.24, 2.45) is 5.92 Å². The lowest BCUT2D eigenvalue weighted by Crippen LogP contribution is -2.34. The monoisotopic (exact) mass is 394 g/mol. The Labute approximate surface area is 171 Å². The van der Waals surface area contributed by atoms with E-state index < -0.39 is 11.9 Å². The van der Waals surface area contributed by atoms with Gasteiger partial charge < -0.3 is 14.2 Å². The van der Waals surface area contributed by atoms with Crippen molar-refractivity contribution in [3.8, 4) is 11.5 Å². The van der Waals surface area contributed by atoms with Crippen LogP contribution < -0.4 is 9.47 Å². The smallest absolute Gasteiger partial charge is 0.317 e. The highest BCUT2D eigenvalue weighted by Gasteiger charge is 2.41. The number of esters is 1. The fourth-order valence-corrected chi connectivity index (χ4v) is 3.85. The van der Waals surface area contributed by atoms with Crippen molar-refractivity contribution in [3.63, 3.8) is 0 Å². The van der Waals surface area contributed by atoms with Gasteiger partial charge in [-0.3, -0.25) is 9.59 Å². The standard InChI is InChI=1S/C24H26O5/c1-4-28-22-13-9-7-11-18(22)19-14-16(17-10-6-8-12-21(17)27-3)15-20(25)23(19)24(26)29-5-2/h6-13,15,19,23H,4-5,14H2,1-3H3/t19-,23-/m1/s1. The zero-order chi connectivity index (χ0) is 20.8. The number of benzene rings is 2. The van der Waals surface area contributed by atoms with E-state index in [4.69, 9.17) is 14.2 Å². The van der Waals surface area contributed by atoms with Crippen LogP contribution in [0.3, 0.4) is 0 Å². The van der Waals surface area contributed by atoms with Gasteiger partial charge in [0.15, 0.2) is 5.78 Å². The fourth-order valence-electron chi connectivity index (χ4n) is 3.85. The predicted molar refractivity (Wildman–Crippen MR) is 111 cm³/mol. The van der Waals surface area contributed by atoms with E-state index in [1.165, 1.54) is 0 Å². The summed E-state index contributed by atoms with van der Waals surface area (Å²) in [7, 11) is 1.60. The Morgan fingerprint density at radius 3 is 2.38 bits per heavy atom. The molecule has 0 radical (unpaired) electrons. The number of carbonyl (C=O) groups is 2. The summed E-state index contributed by atoms with van der Waals surface area (Å²) in [5.74, 6) is -0.651. The molecule has 0 fully saturated rings. The summed E-state index contributed by atoms with van der Waals surface area (Å²) in [4.78, 5) is 25.8. The van der Waals surface area contributed by atoms with Crippen LogP contribution in [-0.4, -0.2) is 32.1 Å². The van der Waals surface area contributed by atoms with Crippen LogP contribution >= 0.6 is 0 Å². The van der Waals surface area contributed by atoms with Crippen molar-refractivity contribution in [2.75, 3.05) is 20.3 Å². The van der Waals surface area contributed by atoms with Gasteiger partial charge in [-0.1, -0.05) is 36.4 Å². The second-order valence-electron chi connectivity index (χ2n) is 6.78. The molecule has 2 aromatic carbocycles. The van der Waals surface area contributed by atoms with E-state index in [2.05, 4.69) is 0 Å². The van der Waals surface area contributed by atoms with E-state index in [9.17, 15) is 9.59 Å². The van der Waals surface area contributed by atoms with Crippen LogP contribution in [0.1, 0.15) is 37.3 Å². The van der Waals surface area contributed by atoms with Gasteiger partial charge in [0.25, 0.3) is 0 Å². The average molecular weight is 394 g/mol. The number of allylic oxidation sites excluding steroid dienone is 2. The van der Waals surface area contributed by atoms with E-state index in [0.717, 1.165) is 16.7 Å². The summed E-state index contributed by atoms with van der Waals surface area (Å²) in [6.07, 6.45) is 2.05. The van der Waals surface area contributed by atoms with Crippen molar-refractivity contribution >= 4 is 17.3 Å². The molecule has 152 valence electrons. The van der Waals surface area contributed by atoms with Crippen molar-refractivity contribution in [3.05, 3.63) is 65.7 Å². The van der Waals surface area contributed by atoms with Gasteiger partial charge in [-0.25, -0.2) is 0 Å². The lowest BCUT2D eigenvalue weighted by molar-refractivity contribution is -0.151. The van der Waals surface area contributed by atoms with Gasteiger partial charge in [-0.15, -0.1) is 0 Å². The summed E-state index contributed by atoms with van der Waals surface area (Å²) < 4.78 is 16.5. The van der Waals surface area contributed by atoms with Crippen molar-refractivity contribution in [1.29, 1.82) is 0 Å². The molecule has 5 nitrogen and oxygen atoms in total. The Morgan fingerprint density at radius 2 is 1.69 bits per heavy atom. The summed E-state index contributed by atoms with van der Waals surface area (Å²) in [5, 5.41) is 0. The van der Waals surface area contributed by atoms with E-state index in [1.807, 2.05) is 55.5 Å². The summed E-state index contributed by atoms with van der Waals surface area (Å²) in [5.41, 5.74) is 2.52. The first-order valence-corrected chi connectivity index (χ1v) is 9.86. The van der Waals surface area contributed by atoms with Crippen LogP contribution in [0.25, 0.3) is 5.57 Å². The molecule has 29 heavy (non-hydrogen) atoms. The van der Waals surface area contributed by atoms with Crippen LogP contribution in [0, 0.1) is 5.92 Å². The Kier molecular flexibility index (Phi) is 6.70. The van der Waals surface area contributed by atoms with Gasteiger partial charge in [-0.2, -0.15) is 0 Å². The van der Waals surface area contributed by atoms with Gasteiger partial charge in [0.2, 0.25) is 0 Å². The van der Waals surface area contributed by atoms with E-state index in [-0.39, 0.29) is 18.3 Å². The van der Waals surface area contributed by atoms with Gasteiger partial charge in [0.1, 0.15) is 17.4 Å². The summed E-state index contributed by atoms with van der Waals surface area (Å²) in [6.45, 7) is 4.37. The molecule has 0 heterocycles. The molecule has 0 N–H and O–H groups in total. The topological polar surface area (TPSA) is 61.8 Å². The van der Waals surface area contributed by atoms with Crippen LogP contribution in [0.2, 0.25) is 0 Å². The molecule has 3 rings (SSSR count). The third-order valence-electron chi connectivity index (χ3n) is 5.08. The summed E-state index contributed by atoms with van der Waals surface area (Å²) in [6, 6.07) is 15.1. The predicted octanol–water partition coefficient (Wildman–Crippen LogP) is 4.41. The maximum absolute atomic E-state index is 13.1. The van der Waals surface area contributed by atoms with E-state index >= 15 is 0 Å². The van der Waals surface area contributed by atoms with Gasteiger partial charge >= 0.3 is 5.97 Å². The zero-order valence-corrected chi connectivity index (χ0v) is 17.0.